The molecule has 0 spiro atoms. The number of rotatable bonds is 3. The van der Waals surface area contributed by atoms with Gasteiger partial charge in [0.25, 0.3) is 0 Å². The first-order chi connectivity index (χ1) is 8.56. The first kappa shape index (κ1) is 13.9. The number of nitrogens with one attached hydrogen (secondary N) is 1. The number of amides is 1. The maximum atomic E-state index is 12.1. The third-order valence-corrected chi connectivity index (χ3v) is 5.18. The minimum Gasteiger partial charge on any atom is -0.353 e. The second-order valence-corrected chi connectivity index (χ2v) is 6.57. The van der Waals surface area contributed by atoms with E-state index in [4.69, 9.17) is 5.73 Å². The molecule has 2 rings (SSSR count). The van der Waals surface area contributed by atoms with Crippen LogP contribution in [-0.2, 0) is 4.79 Å². The van der Waals surface area contributed by atoms with E-state index in [0.29, 0.717) is 30.3 Å². The number of hydrogen-bond donors (Lipinski definition) is 2. The summed E-state index contributed by atoms with van der Waals surface area (Å²) in [4.78, 5) is 12.1. The molecule has 3 nitrogen and oxygen atoms in total. The molecule has 3 atom stereocenters. The Hall–Kier alpha value is -0.570. The van der Waals surface area contributed by atoms with Gasteiger partial charge in [-0.2, -0.15) is 0 Å². The third-order valence-electron chi connectivity index (χ3n) is 5.18. The zero-order valence-corrected chi connectivity index (χ0v) is 11.8. The second kappa shape index (κ2) is 6.05. The standard InChI is InChI=1S/C15H28N2O/c1-10-3-8-14(11(10)2)17-15(18)9-12-4-6-13(16)7-5-12/h10-14H,3-9,16H2,1-2H3,(H,17,18). The lowest BCUT2D eigenvalue weighted by molar-refractivity contribution is -0.123. The highest BCUT2D eigenvalue weighted by Crippen LogP contribution is 2.31. The summed E-state index contributed by atoms with van der Waals surface area (Å²) in [6.07, 6.45) is 7.57. The summed E-state index contributed by atoms with van der Waals surface area (Å²) in [6.45, 7) is 4.56. The van der Waals surface area contributed by atoms with Crippen molar-refractivity contribution in [2.24, 2.45) is 23.5 Å². The highest BCUT2D eigenvalue weighted by molar-refractivity contribution is 5.76. The van der Waals surface area contributed by atoms with Crippen molar-refractivity contribution >= 4 is 5.91 Å². The van der Waals surface area contributed by atoms with Crippen LogP contribution in [0.1, 0.15) is 58.8 Å². The fourth-order valence-corrected chi connectivity index (χ4v) is 3.49. The van der Waals surface area contributed by atoms with Crippen LogP contribution in [0.15, 0.2) is 0 Å². The van der Waals surface area contributed by atoms with Crippen LogP contribution < -0.4 is 11.1 Å². The van der Waals surface area contributed by atoms with Gasteiger partial charge >= 0.3 is 0 Å². The van der Waals surface area contributed by atoms with Gasteiger partial charge in [0.15, 0.2) is 0 Å². The van der Waals surface area contributed by atoms with Gasteiger partial charge in [-0.15, -0.1) is 0 Å². The van der Waals surface area contributed by atoms with Crippen molar-refractivity contribution in [3.63, 3.8) is 0 Å². The van der Waals surface area contributed by atoms with Gasteiger partial charge < -0.3 is 11.1 Å². The summed E-state index contributed by atoms with van der Waals surface area (Å²) in [5.74, 6) is 2.22. The van der Waals surface area contributed by atoms with E-state index in [2.05, 4.69) is 19.2 Å². The molecule has 1 amide bonds. The van der Waals surface area contributed by atoms with Crippen molar-refractivity contribution in [3.05, 3.63) is 0 Å². The van der Waals surface area contributed by atoms with E-state index in [1.54, 1.807) is 0 Å². The van der Waals surface area contributed by atoms with E-state index in [1.165, 1.54) is 6.42 Å². The molecular weight excluding hydrogens is 224 g/mol. The number of hydrogen-bond acceptors (Lipinski definition) is 2. The van der Waals surface area contributed by atoms with Crippen LogP contribution in [-0.4, -0.2) is 18.0 Å². The molecular formula is C15H28N2O. The Balaban J connectivity index is 1.72. The molecule has 3 unspecified atom stereocenters. The van der Waals surface area contributed by atoms with Crippen molar-refractivity contribution in [1.82, 2.24) is 5.32 Å². The lowest BCUT2D eigenvalue weighted by atomic mass is 9.84. The van der Waals surface area contributed by atoms with Crippen LogP contribution in [0.5, 0.6) is 0 Å². The van der Waals surface area contributed by atoms with Crippen molar-refractivity contribution in [2.45, 2.75) is 70.9 Å². The fraction of sp³-hybridized carbons (Fsp3) is 0.933. The van der Waals surface area contributed by atoms with Gasteiger partial charge in [0, 0.05) is 18.5 Å². The van der Waals surface area contributed by atoms with Crippen LogP contribution >= 0.6 is 0 Å². The van der Waals surface area contributed by atoms with E-state index in [0.717, 1.165) is 38.0 Å². The molecule has 0 saturated heterocycles. The molecule has 3 N–H and O–H groups in total. The van der Waals surface area contributed by atoms with Gasteiger partial charge in [-0.25, -0.2) is 0 Å². The average Bonchev–Trinajstić information content (AvgIpc) is 2.64. The smallest absolute Gasteiger partial charge is 0.220 e. The van der Waals surface area contributed by atoms with Crippen LogP contribution in [0.2, 0.25) is 0 Å². The van der Waals surface area contributed by atoms with Crippen LogP contribution in [0, 0.1) is 17.8 Å². The average molecular weight is 252 g/mol. The van der Waals surface area contributed by atoms with E-state index in [9.17, 15) is 4.79 Å². The van der Waals surface area contributed by atoms with Gasteiger partial charge in [-0.05, 0) is 56.3 Å². The molecule has 2 aliphatic carbocycles. The Morgan fingerprint density at radius 1 is 1.11 bits per heavy atom. The molecule has 0 aromatic heterocycles. The van der Waals surface area contributed by atoms with Gasteiger partial charge in [0.2, 0.25) is 5.91 Å². The predicted octanol–water partition coefficient (Wildman–Crippen LogP) is 2.44. The normalized spacial score (nSPS) is 40.7. The minimum absolute atomic E-state index is 0.265. The Morgan fingerprint density at radius 2 is 1.78 bits per heavy atom. The first-order valence-corrected chi connectivity index (χ1v) is 7.61. The van der Waals surface area contributed by atoms with E-state index in [-0.39, 0.29) is 5.91 Å². The summed E-state index contributed by atoms with van der Waals surface area (Å²) >= 11 is 0. The molecule has 0 radical (unpaired) electrons. The van der Waals surface area contributed by atoms with Crippen molar-refractivity contribution in [2.75, 3.05) is 0 Å². The minimum atomic E-state index is 0.265. The Kier molecular flexibility index (Phi) is 4.66. The maximum absolute atomic E-state index is 12.1. The molecule has 0 aliphatic heterocycles. The lowest BCUT2D eigenvalue weighted by Crippen LogP contribution is -2.38. The van der Waals surface area contributed by atoms with Crippen molar-refractivity contribution in [1.29, 1.82) is 0 Å². The predicted molar refractivity (Wildman–Crippen MR) is 74.0 cm³/mol. The Labute approximate surface area is 111 Å². The Bertz CT molecular complexity index is 284. The van der Waals surface area contributed by atoms with Gasteiger partial charge in [0.05, 0.1) is 0 Å². The second-order valence-electron chi connectivity index (χ2n) is 6.57. The molecule has 18 heavy (non-hydrogen) atoms. The summed E-state index contributed by atoms with van der Waals surface area (Å²) in [5.41, 5.74) is 5.89. The summed E-state index contributed by atoms with van der Waals surface area (Å²) in [7, 11) is 0. The molecule has 2 aliphatic rings. The molecule has 0 aromatic rings. The molecule has 104 valence electrons. The summed E-state index contributed by atoms with van der Waals surface area (Å²) < 4.78 is 0. The van der Waals surface area contributed by atoms with Gasteiger partial charge in [-0.3, -0.25) is 4.79 Å². The zero-order valence-electron chi connectivity index (χ0n) is 11.8. The monoisotopic (exact) mass is 252 g/mol. The number of carbonyl (C=O) groups excluding carboxylic acids is 1. The molecule has 0 heterocycles. The van der Waals surface area contributed by atoms with Crippen LogP contribution in [0.3, 0.4) is 0 Å². The summed E-state index contributed by atoms with van der Waals surface area (Å²) in [6, 6.07) is 0.790. The van der Waals surface area contributed by atoms with E-state index < -0.39 is 0 Å². The molecule has 2 fully saturated rings. The van der Waals surface area contributed by atoms with Gasteiger partial charge in [-0.1, -0.05) is 13.8 Å². The molecule has 0 aromatic carbocycles. The molecule has 3 heteroatoms. The SMILES string of the molecule is CC1CCC(NC(=O)CC2CCC(N)CC2)C1C. The highest BCUT2D eigenvalue weighted by atomic mass is 16.1. The van der Waals surface area contributed by atoms with E-state index >= 15 is 0 Å². The first-order valence-electron chi connectivity index (χ1n) is 7.61. The van der Waals surface area contributed by atoms with Crippen molar-refractivity contribution < 1.29 is 4.79 Å². The van der Waals surface area contributed by atoms with Gasteiger partial charge in [0.1, 0.15) is 0 Å². The molecule has 0 bridgehead atoms. The highest BCUT2D eigenvalue weighted by Gasteiger charge is 2.31. The summed E-state index contributed by atoms with van der Waals surface area (Å²) in [5, 5.41) is 3.25. The fourth-order valence-electron chi connectivity index (χ4n) is 3.49. The Morgan fingerprint density at radius 3 is 2.33 bits per heavy atom. The van der Waals surface area contributed by atoms with Crippen LogP contribution in [0.4, 0.5) is 0 Å². The topological polar surface area (TPSA) is 55.1 Å². The van der Waals surface area contributed by atoms with E-state index in [1.807, 2.05) is 0 Å². The number of carbonyl (C=O) groups is 1. The largest absolute Gasteiger partial charge is 0.353 e. The third kappa shape index (κ3) is 3.47. The maximum Gasteiger partial charge on any atom is 0.220 e. The van der Waals surface area contributed by atoms with Crippen molar-refractivity contribution in [3.8, 4) is 0 Å². The number of nitrogens with two attached hydrogens (primary N) is 1. The zero-order chi connectivity index (χ0) is 13.1. The quantitative estimate of drug-likeness (QED) is 0.810. The molecule has 2 saturated carbocycles. The lowest BCUT2D eigenvalue weighted by Gasteiger charge is -2.26. The van der Waals surface area contributed by atoms with Crippen LogP contribution in [0.25, 0.3) is 0 Å².